The summed E-state index contributed by atoms with van der Waals surface area (Å²) >= 11 is 7.37. The number of nitrogens with one attached hydrogen (secondary N) is 1. The maximum Gasteiger partial charge on any atom is 0.234 e. The van der Waals surface area contributed by atoms with Crippen LogP contribution in [-0.2, 0) is 4.79 Å². The standard InChI is InChI=1S/C26H18ClN3OS/c27-22-13-7-8-14-23(22)29-25(31)17-32-26-21(16-28)20(18-9-3-1-4-10-18)15-24(30-26)19-11-5-2-6-12-19/h1-15H,17H2,(H,29,31). The van der Waals surface area contributed by atoms with Gasteiger partial charge in [0.25, 0.3) is 0 Å². The number of pyridine rings is 1. The molecule has 3 aromatic carbocycles. The first-order valence-corrected chi connectivity index (χ1v) is 11.2. The summed E-state index contributed by atoms with van der Waals surface area (Å²) in [6.45, 7) is 0. The van der Waals surface area contributed by atoms with Gasteiger partial charge in [0, 0.05) is 11.1 Å². The number of para-hydroxylation sites is 1. The second-order valence-electron chi connectivity index (χ2n) is 6.90. The molecule has 0 atom stereocenters. The number of aromatic nitrogens is 1. The van der Waals surface area contributed by atoms with Gasteiger partial charge < -0.3 is 5.32 Å². The van der Waals surface area contributed by atoms with Gasteiger partial charge in [-0.1, -0.05) is 96.2 Å². The molecule has 6 heteroatoms. The first-order valence-electron chi connectivity index (χ1n) is 9.89. The number of thioether (sulfide) groups is 1. The molecule has 0 aliphatic rings. The molecular formula is C26H18ClN3OS. The molecule has 0 aliphatic carbocycles. The van der Waals surface area contributed by atoms with Crippen LogP contribution in [0.2, 0.25) is 5.02 Å². The quantitative estimate of drug-likeness (QED) is 0.329. The Morgan fingerprint density at radius 1 is 0.938 bits per heavy atom. The number of amides is 1. The summed E-state index contributed by atoms with van der Waals surface area (Å²) in [6.07, 6.45) is 0. The summed E-state index contributed by atoms with van der Waals surface area (Å²) < 4.78 is 0. The van der Waals surface area contributed by atoms with Gasteiger partial charge in [-0.25, -0.2) is 4.98 Å². The van der Waals surface area contributed by atoms with Crippen LogP contribution in [0.25, 0.3) is 22.4 Å². The van der Waals surface area contributed by atoms with E-state index < -0.39 is 0 Å². The smallest absolute Gasteiger partial charge is 0.234 e. The molecule has 32 heavy (non-hydrogen) atoms. The van der Waals surface area contributed by atoms with Gasteiger partial charge in [0.2, 0.25) is 5.91 Å². The number of nitrogens with zero attached hydrogens (tertiary/aromatic N) is 2. The van der Waals surface area contributed by atoms with Gasteiger partial charge in [0.1, 0.15) is 11.1 Å². The van der Waals surface area contributed by atoms with E-state index in [1.165, 1.54) is 11.8 Å². The number of nitriles is 1. The molecule has 0 aliphatic heterocycles. The molecule has 4 rings (SSSR count). The summed E-state index contributed by atoms with van der Waals surface area (Å²) in [5.74, 6) is -0.125. The van der Waals surface area contributed by atoms with Crippen LogP contribution in [0.4, 0.5) is 5.69 Å². The third-order valence-electron chi connectivity index (χ3n) is 4.74. The van der Waals surface area contributed by atoms with Crippen LogP contribution in [0.3, 0.4) is 0 Å². The van der Waals surface area contributed by atoms with E-state index >= 15 is 0 Å². The highest BCUT2D eigenvalue weighted by molar-refractivity contribution is 8.00. The van der Waals surface area contributed by atoms with Gasteiger partial charge in [-0.05, 0) is 23.8 Å². The molecule has 0 spiro atoms. The van der Waals surface area contributed by atoms with Crippen molar-refractivity contribution in [3.8, 4) is 28.5 Å². The van der Waals surface area contributed by atoms with Gasteiger partial charge >= 0.3 is 0 Å². The van der Waals surface area contributed by atoms with Crippen molar-refractivity contribution in [1.29, 1.82) is 5.26 Å². The third kappa shape index (κ3) is 5.00. The fourth-order valence-corrected chi connectivity index (χ4v) is 4.20. The number of halogens is 1. The van der Waals surface area contributed by atoms with Crippen molar-refractivity contribution >= 4 is 35.0 Å². The number of carbonyl (C=O) groups is 1. The number of carbonyl (C=O) groups excluding carboxylic acids is 1. The van der Waals surface area contributed by atoms with Gasteiger partial charge in [-0.3, -0.25) is 4.79 Å². The van der Waals surface area contributed by atoms with E-state index in [4.69, 9.17) is 16.6 Å². The van der Waals surface area contributed by atoms with E-state index in [-0.39, 0.29) is 11.7 Å². The van der Waals surface area contributed by atoms with Crippen molar-refractivity contribution in [2.75, 3.05) is 11.1 Å². The number of hydrogen-bond donors (Lipinski definition) is 1. The van der Waals surface area contributed by atoms with Gasteiger partial charge in [-0.2, -0.15) is 5.26 Å². The van der Waals surface area contributed by atoms with E-state index in [2.05, 4.69) is 11.4 Å². The van der Waals surface area contributed by atoms with E-state index in [0.717, 1.165) is 22.4 Å². The van der Waals surface area contributed by atoms with E-state index in [1.807, 2.05) is 66.7 Å². The Morgan fingerprint density at radius 3 is 2.22 bits per heavy atom. The Labute approximate surface area is 195 Å². The van der Waals surface area contributed by atoms with Crippen molar-refractivity contribution < 1.29 is 4.79 Å². The normalized spacial score (nSPS) is 10.4. The van der Waals surface area contributed by atoms with Gasteiger partial charge in [0.15, 0.2) is 0 Å². The van der Waals surface area contributed by atoms with Crippen LogP contribution in [0.1, 0.15) is 5.56 Å². The molecule has 1 heterocycles. The Morgan fingerprint density at radius 2 is 1.56 bits per heavy atom. The average molecular weight is 456 g/mol. The summed E-state index contributed by atoms with van der Waals surface area (Å²) in [6, 6.07) is 30.8. The lowest BCUT2D eigenvalue weighted by atomic mass is 9.99. The van der Waals surface area contributed by atoms with Gasteiger partial charge in [0.05, 0.1) is 27.7 Å². The Hall–Kier alpha value is -3.59. The first kappa shape index (κ1) is 21.6. The fraction of sp³-hybridized carbons (Fsp3) is 0.0385. The monoisotopic (exact) mass is 455 g/mol. The first-order chi connectivity index (χ1) is 15.7. The van der Waals surface area contributed by atoms with Crippen molar-refractivity contribution in [1.82, 2.24) is 4.98 Å². The summed E-state index contributed by atoms with van der Waals surface area (Å²) in [7, 11) is 0. The molecule has 0 saturated heterocycles. The Kier molecular flexibility index (Phi) is 6.86. The highest BCUT2D eigenvalue weighted by atomic mass is 35.5. The predicted molar refractivity (Wildman–Crippen MR) is 131 cm³/mol. The van der Waals surface area contributed by atoms with E-state index in [9.17, 15) is 10.1 Å². The fourth-order valence-electron chi connectivity index (χ4n) is 3.22. The maximum absolute atomic E-state index is 12.5. The van der Waals surface area contributed by atoms with Crippen molar-refractivity contribution in [3.63, 3.8) is 0 Å². The van der Waals surface area contributed by atoms with Crippen LogP contribution < -0.4 is 5.32 Å². The zero-order valence-electron chi connectivity index (χ0n) is 17.0. The zero-order valence-corrected chi connectivity index (χ0v) is 18.5. The molecule has 1 N–H and O–H groups in total. The third-order valence-corrected chi connectivity index (χ3v) is 6.05. The molecule has 4 aromatic rings. The lowest BCUT2D eigenvalue weighted by Gasteiger charge is -2.13. The Balaban J connectivity index is 1.68. The number of rotatable bonds is 6. The SMILES string of the molecule is N#Cc1c(-c2ccccc2)cc(-c2ccccc2)nc1SCC(=O)Nc1ccccc1Cl. The van der Waals surface area contributed by atoms with Gasteiger partial charge in [-0.15, -0.1) is 0 Å². The predicted octanol–water partition coefficient (Wildman–Crippen LogP) is 6.67. The van der Waals surface area contributed by atoms with Crippen LogP contribution >= 0.6 is 23.4 Å². The number of hydrogen-bond acceptors (Lipinski definition) is 4. The number of anilines is 1. The molecule has 4 nitrogen and oxygen atoms in total. The minimum atomic E-state index is -0.222. The minimum Gasteiger partial charge on any atom is -0.324 e. The largest absolute Gasteiger partial charge is 0.324 e. The highest BCUT2D eigenvalue weighted by Gasteiger charge is 2.17. The molecule has 156 valence electrons. The Bertz CT molecular complexity index is 1290. The summed E-state index contributed by atoms with van der Waals surface area (Å²) in [5, 5.41) is 13.7. The van der Waals surface area contributed by atoms with Crippen molar-refractivity contribution in [2.24, 2.45) is 0 Å². The number of benzene rings is 3. The molecule has 0 saturated carbocycles. The second kappa shape index (κ2) is 10.1. The lowest BCUT2D eigenvalue weighted by Crippen LogP contribution is -2.14. The van der Waals surface area contributed by atoms with E-state index in [0.29, 0.717) is 21.3 Å². The molecule has 0 bridgehead atoms. The molecule has 1 amide bonds. The molecule has 0 fully saturated rings. The van der Waals surface area contributed by atoms with Crippen molar-refractivity contribution in [3.05, 3.63) is 102 Å². The maximum atomic E-state index is 12.5. The molecular weight excluding hydrogens is 438 g/mol. The molecule has 0 unspecified atom stereocenters. The average Bonchev–Trinajstić information content (AvgIpc) is 2.84. The second-order valence-corrected chi connectivity index (χ2v) is 8.27. The lowest BCUT2D eigenvalue weighted by molar-refractivity contribution is -0.113. The van der Waals surface area contributed by atoms with Crippen molar-refractivity contribution in [2.45, 2.75) is 5.03 Å². The van der Waals surface area contributed by atoms with Crippen LogP contribution in [-0.4, -0.2) is 16.6 Å². The minimum absolute atomic E-state index is 0.0966. The zero-order chi connectivity index (χ0) is 22.3. The molecule has 1 aromatic heterocycles. The topological polar surface area (TPSA) is 65.8 Å². The van der Waals surface area contributed by atoms with Crippen LogP contribution in [0.5, 0.6) is 0 Å². The molecule has 0 radical (unpaired) electrons. The summed E-state index contributed by atoms with van der Waals surface area (Å²) in [4.78, 5) is 17.3. The summed E-state index contributed by atoms with van der Waals surface area (Å²) in [5.41, 5.74) is 4.40. The van der Waals surface area contributed by atoms with Crippen LogP contribution in [0.15, 0.2) is 96.0 Å². The highest BCUT2D eigenvalue weighted by Crippen LogP contribution is 2.34. The van der Waals surface area contributed by atoms with Crippen LogP contribution in [0, 0.1) is 11.3 Å². The van der Waals surface area contributed by atoms with E-state index in [1.54, 1.807) is 24.3 Å².